The second-order valence-corrected chi connectivity index (χ2v) is 16.1. The number of rotatable bonds is 8. The van der Waals surface area contributed by atoms with Gasteiger partial charge in [-0.1, -0.05) is 70.7 Å². The Kier molecular flexibility index (Phi) is 11.9. The number of ether oxygens (including phenoxy) is 1. The van der Waals surface area contributed by atoms with Gasteiger partial charge >= 0.3 is 0 Å². The lowest BCUT2D eigenvalue weighted by atomic mass is 9.55. The van der Waals surface area contributed by atoms with E-state index in [0.717, 1.165) is 11.1 Å². The number of nitrogens with two attached hydrogens (primary N) is 1. The lowest BCUT2D eigenvalue weighted by Crippen LogP contribution is -2.65. The van der Waals surface area contributed by atoms with Crippen LogP contribution in [0.5, 0.6) is 5.75 Å². The molecular weight excluding hydrogens is 822 g/mol. The third-order valence-corrected chi connectivity index (χ3v) is 11.9. The molecule has 7 N–H and O–H groups in total. The van der Waals surface area contributed by atoms with Gasteiger partial charge in [0, 0.05) is 55.5 Å². The number of nitrogens with zero attached hydrogens (tertiary/aromatic N) is 3. The van der Waals surface area contributed by atoms with Gasteiger partial charge in [0.15, 0.2) is 11.4 Å². The largest absolute Gasteiger partial charge is 0.510 e. The molecule has 0 fully saturated rings. The molecule has 1 amide bonds. The predicted molar refractivity (Wildman–Crippen MR) is 212 cm³/mol. The first-order valence-corrected chi connectivity index (χ1v) is 19.0. The highest BCUT2D eigenvalue weighted by Crippen LogP contribution is 2.56. The number of hydrogen-bond donors (Lipinski definition) is 6. The molecule has 3 aliphatic carbocycles. The number of ketones is 2. The molecule has 0 saturated heterocycles. The monoisotopic (exact) mass is 858 g/mol. The third kappa shape index (κ3) is 7.54. The maximum Gasteiger partial charge on any atom is 0.255 e. The fraction of sp³-hybridized carbons (Fsp3) is 0.300. The second kappa shape index (κ2) is 16.1. The van der Waals surface area contributed by atoms with Crippen molar-refractivity contribution >= 4 is 63.9 Å². The Balaban J connectivity index is 0.000000199. The average molecular weight is 861 g/mol. The summed E-state index contributed by atoms with van der Waals surface area (Å²) in [5.74, 6) is -7.89. The molecular formula is C40H38Cl4N4O9. The van der Waals surface area contributed by atoms with Gasteiger partial charge in [0.2, 0.25) is 5.78 Å². The zero-order valence-corrected chi connectivity index (χ0v) is 33.7. The summed E-state index contributed by atoms with van der Waals surface area (Å²) in [5.41, 5.74) is 1.05. The molecule has 1 unspecified atom stereocenters. The Bertz CT molecular complexity index is 2330. The zero-order valence-electron chi connectivity index (χ0n) is 30.7. The first-order chi connectivity index (χ1) is 26.8. The minimum absolute atomic E-state index is 0.135. The molecule has 0 aliphatic heterocycles. The molecule has 7 rings (SSSR count). The van der Waals surface area contributed by atoms with E-state index in [-0.39, 0.29) is 23.7 Å². The normalized spacial score (nSPS) is 24.7. The van der Waals surface area contributed by atoms with Crippen LogP contribution in [0.15, 0.2) is 96.0 Å². The lowest BCUT2D eigenvalue weighted by molar-refractivity contribution is -0.151. The summed E-state index contributed by atoms with van der Waals surface area (Å²) in [6.45, 7) is 2.29. The number of amides is 1. The van der Waals surface area contributed by atoms with Gasteiger partial charge in [0.25, 0.3) is 5.91 Å². The molecule has 13 nitrogen and oxygen atoms in total. The quantitative estimate of drug-likeness (QED) is 0.109. The third-order valence-electron chi connectivity index (χ3n) is 10.7. The number of carbonyl (C=O) groups excluding carboxylic acids is 3. The van der Waals surface area contributed by atoms with Gasteiger partial charge in [0.05, 0.1) is 36.7 Å². The highest BCUT2D eigenvalue weighted by molar-refractivity contribution is 6.35. The first-order valence-electron chi connectivity index (χ1n) is 17.5. The summed E-state index contributed by atoms with van der Waals surface area (Å²) < 4.78 is 8.05. The Morgan fingerprint density at radius 3 is 2.28 bits per heavy atom. The number of aliphatic hydroxyl groups excluding tert-OH is 2. The van der Waals surface area contributed by atoms with Crippen LogP contribution in [0.3, 0.4) is 0 Å². The van der Waals surface area contributed by atoms with E-state index in [4.69, 9.17) is 56.9 Å². The average Bonchev–Trinajstić information content (AvgIpc) is 3.64. The number of carbonyl (C=O) groups is 3. The Hall–Kier alpha value is -4.44. The van der Waals surface area contributed by atoms with Crippen molar-refractivity contribution in [3.8, 4) is 5.75 Å². The molecule has 1 aromatic heterocycles. The van der Waals surface area contributed by atoms with E-state index < -0.39 is 75.0 Å². The lowest BCUT2D eigenvalue weighted by Gasteiger charge is -2.52. The summed E-state index contributed by atoms with van der Waals surface area (Å²) in [6, 6.07) is 13.8. The number of phenols is 1. The number of aromatic nitrogens is 2. The Morgan fingerprint density at radius 1 is 1.02 bits per heavy atom. The maximum absolute atomic E-state index is 13.3. The van der Waals surface area contributed by atoms with Gasteiger partial charge in [-0.3, -0.25) is 19.3 Å². The Morgan fingerprint density at radius 2 is 1.68 bits per heavy atom. The van der Waals surface area contributed by atoms with Crippen LogP contribution in [0.1, 0.15) is 46.5 Å². The number of Topliss-reactive ketones (excluding diaryl/α,β-unsaturated/α-hetero) is 2. The van der Waals surface area contributed by atoms with Crippen molar-refractivity contribution in [2.75, 3.05) is 14.1 Å². The summed E-state index contributed by atoms with van der Waals surface area (Å²) in [7, 11) is 3.06. The molecule has 0 saturated carbocycles. The second-order valence-electron chi connectivity index (χ2n) is 14.4. The number of halogens is 4. The number of hydrogen-bond acceptors (Lipinski definition) is 11. The van der Waals surface area contributed by atoms with Crippen molar-refractivity contribution in [1.82, 2.24) is 14.5 Å². The summed E-state index contributed by atoms with van der Waals surface area (Å²) in [6.07, 6.45) is 4.83. The number of likely N-dealkylation sites (N-methyl/N-ethyl adjacent to an activating group) is 1. The van der Waals surface area contributed by atoms with Gasteiger partial charge in [-0.2, -0.15) is 0 Å². The highest BCUT2D eigenvalue weighted by atomic mass is 35.5. The van der Waals surface area contributed by atoms with E-state index in [1.165, 1.54) is 44.1 Å². The van der Waals surface area contributed by atoms with Crippen molar-refractivity contribution in [3.05, 3.63) is 138 Å². The van der Waals surface area contributed by atoms with Crippen LogP contribution in [0, 0.1) is 11.8 Å². The van der Waals surface area contributed by atoms with Crippen molar-refractivity contribution in [3.63, 3.8) is 0 Å². The molecule has 300 valence electrons. The number of benzene rings is 3. The van der Waals surface area contributed by atoms with Crippen molar-refractivity contribution in [1.29, 1.82) is 0 Å². The maximum atomic E-state index is 13.3. The molecule has 4 aromatic rings. The summed E-state index contributed by atoms with van der Waals surface area (Å²) in [5, 5.41) is 57.3. The smallest absolute Gasteiger partial charge is 0.255 e. The van der Waals surface area contributed by atoms with Gasteiger partial charge in [-0.25, -0.2) is 4.98 Å². The van der Waals surface area contributed by atoms with Crippen LogP contribution < -0.4 is 5.73 Å². The molecule has 3 aromatic carbocycles. The number of primary amides is 1. The van der Waals surface area contributed by atoms with E-state index in [1.807, 2.05) is 22.9 Å². The SMILES string of the molecule is CN(C)[C@@H]1C(O)=C(C(N)=O)C(=O)[C@@]2(O)C(O)=C3C(=O)c4c(O)cccc4[C@@](C)(O)[C@H]3C[C@@H]12.Clc1ccc(COC(Cn2ccnc2)c2ccc(Cl)cc2Cl)c(Cl)c1. The number of aliphatic hydroxyl groups is 4. The summed E-state index contributed by atoms with van der Waals surface area (Å²) >= 11 is 24.5. The standard InChI is InChI=1S/C22H24N2O8.C18H14Cl4N2O/c1-21(31)8-5-4-6-11(25)12(8)16(26)13-9(21)7-10-15(24(2)3)17(27)14(20(23)30)19(29)22(10,32)18(13)28;19-13-2-1-12(16(21)7-13)10-25-18(9-24-6-5-23-11-24)15-4-3-14(20)8-17(15)22/h4-6,9-10,15,25,27-28,31-32H,7H2,1-3H3,(H2,23,30);1-8,11,18H,9-10H2/t9-,10-,15-,21+,22-;/m0./s1. The number of fused-ring (bicyclic) bond motifs is 3. The van der Waals surface area contributed by atoms with E-state index in [0.29, 0.717) is 33.2 Å². The molecule has 0 spiro atoms. The van der Waals surface area contributed by atoms with Crippen molar-refractivity contribution in [2.24, 2.45) is 17.6 Å². The van der Waals surface area contributed by atoms with E-state index >= 15 is 0 Å². The Labute approximate surface area is 347 Å². The van der Waals surface area contributed by atoms with Crippen molar-refractivity contribution < 1.29 is 44.7 Å². The number of aromatic hydroxyl groups is 1. The fourth-order valence-electron chi connectivity index (χ4n) is 7.93. The molecule has 17 heteroatoms. The molecule has 0 radical (unpaired) electrons. The number of imidazole rings is 1. The van der Waals surface area contributed by atoms with Crippen LogP contribution in [0.4, 0.5) is 0 Å². The minimum Gasteiger partial charge on any atom is -0.510 e. The molecule has 57 heavy (non-hydrogen) atoms. The van der Waals surface area contributed by atoms with Crippen LogP contribution >= 0.6 is 46.4 Å². The van der Waals surface area contributed by atoms with Crippen molar-refractivity contribution in [2.45, 2.75) is 49.8 Å². The van der Waals surface area contributed by atoms with Gasteiger partial charge in [-0.15, -0.1) is 0 Å². The first kappa shape index (κ1) is 42.2. The van der Waals surface area contributed by atoms with Crippen LogP contribution in [-0.2, 0) is 33.1 Å². The van der Waals surface area contributed by atoms with Crippen LogP contribution in [-0.4, -0.2) is 83.2 Å². The van der Waals surface area contributed by atoms with E-state index in [2.05, 4.69) is 4.98 Å². The highest BCUT2D eigenvalue weighted by Gasteiger charge is 2.65. The zero-order chi connectivity index (χ0) is 41.7. The molecule has 6 atom stereocenters. The van der Waals surface area contributed by atoms with Gasteiger partial charge in [0.1, 0.15) is 28.9 Å². The van der Waals surface area contributed by atoms with Crippen LogP contribution in [0.25, 0.3) is 0 Å². The van der Waals surface area contributed by atoms with E-state index in [9.17, 15) is 39.9 Å². The molecule has 0 bridgehead atoms. The minimum atomic E-state index is -2.75. The van der Waals surface area contributed by atoms with Gasteiger partial charge < -0.3 is 40.6 Å². The van der Waals surface area contributed by atoms with Gasteiger partial charge in [-0.05, 0) is 68.9 Å². The molecule has 1 heterocycles. The fourth-order valence-corrected chi connectivity index (χ4v) is 8.92. The summed E-state index contributed by atoms with van der Waals surface area (Å²) in [4.78, 5) is 43.9. The van der Waals surface area contributed by atoms with E-state index in [1.54, 1.807) is 36.8 Å². The molecule has 3 aliphatic rings. The topological polar surface area (TPSA) is 209 Å². The predicted octanol–water partition coefficient (Wildman–Crippen LogP) is 6.24. The van der Waals surface area contributed by atoms with Crippen LogP contribution in [0.2, 0.25) is 20.1 Å². The number of phenolic OH excluding ortho intramolecular Hbond substituents is 1.